The second-order valence-electron chi connectivity index (χ2n) is 3.15. The Morgan fingerprint density at radius 3 is 3.00 bits per heavy atom. The van der Waals surface area contributed by atoms with Crippen molar-refractivity contribution in [2.45, 2.75) is 25.0 Å². The molecule has 70 valence electrons. The van der Waals surface area contributed by atoms with E-state index in [2.05, 4.69) is 0 Å². The number of esters is 1. The van der Waals surface area contributed by atoms with E-state index < -0.39 is 0 Å². The topological polar surface area (TPSA) is 65.5 Å². The number of cyclic esters (lactones) is 1. The minimum absolute atomic E-state index is 0.163. The highest BCUT2D eigenvalue weighted by atomic mass is 16.5. The minimum atomic E-state index is -0.259. The number of hydrogen-bond acceptors (Lipinski definition) is 4. The van der Waals surface area contributed by atoms with Crippen molar-refractivity contribution in [2.24, 2.45) is 5.73 Å². The van der Waals surface area contributed by atoms with Crippen molar-refractivity contribution >= 4 is 5.97 Å². The first kappa shape index (κ1) is 8.31. The monoisotopic (exact) mass is 181 g/mol. The maximum absolute atomic E-state index is 10.8. The van der Waals surface area contributed by atoms with Crippen molar-refractivity contribution in [3.8, 4) is 0 Å². The number of ether oxygens (including phenoxy) is 1. The lowest BCUT2D eigenvalue weighted by Gasteiger charge is -2.15. The van der Waals surface area contributed by atoms with Gasteiger partial charge in [-0.1, -0.05) is 0 Å². The van der Waals surface area contributed by atoms with Crippen molar-refractivity contribution in [3.63, 3.8) is 0 Å². The predicted octanol–water partition coefficient (Wildman–Crippen LogP) is 0.985. The maximum Gasteiger partial charge on any atom is 0.306 e. The zero-order chi connectivity index (χ0) is 9.26. The van der Waals surface area contributed by atoms with Gasteiger partial charge in [-0.3, -0.25) is 4.79 Å². The fraction of sp³-hybridized carbons (Fsp3) is 0.444. The highest BCUT2D eigenvalue weighted by molar-refractivity contribution is 5.71. The average Bonchev–Trinajstić information content (AvgIpc) is 2.72. The van der Waals surface area contributed by atoms with Gasteiger partial charge in [0.25, 0.3) is 0 Å². The second-order valence-corrected chi connectivity index (χ2v) is 3.15. The second kappa shape index (κ2) is 3.22. The van der Waals surface area contributed by atoms with Gasteiger partial charge in [-0.25, -0.2) is 0 Å². The Morgan fingerprint density at radius 2 is 2.46 bits per heavy atom. The number of furan rings is 1. The lowest BCUT2D eigenvalue weighted by Crippen LogP contribution is -2.25. The third-order valence-electron chi connectivity index (χ3n) is 2.24. The van der Waals surface area contributed by atoms with Crippen LogP contribution in [-0.4, -0.2) is 12.1 Å². The fourth-order valence-corrected chi connectivity index (χ4v) is 1.48. The van der Waals surface area contributed by atoms with Gasteiger partial charge in [0.05, 0.1) is 18.6 Å². The zero-order valence-corrected chi connectivity index (χ0v) is 7.10. The van der Waals surface area contributed by atoms with Crippen LogP contribution in [0.4, 0.5) is 0 Å². The molecule has 0 saturated carbocycles. The molecule has 4 nitrogen and oxygen atoms in total. The van der Waals surface area contributed by atoms with Gasteiger partial charge in [0.1, 0.15) is 6.10 Å². The van der Waals surface area contributed by atoms with Crippen LogP contribution in [0.3, 0.4) is 0 Å². The van der Waals surface area contributed by atoms with E-state index in [0.29, 0.717) is 12.8 Å². The Balaban J connectivity index is 2.05. The third kappa shape index (κ3) is 1.58. The number of carbonyl (C=O) groups excluding carboxylic acids is 1. The normalized spacial score (nSPS) is 24.4. The van der Waals surface area contributed by atoms with Gasteiger partial charge in [0.2, 0.25) is 0 Å². The van der Waals surface area contributed by atoms with Crippen LogP contribution in [0.2, 0.25) is 0 Å². The fourth-order valence-electron chi connectivity index (χ4n) is 1.48. The number of carbonyl (C=O) groups is 1. The standard InChI is InChI=1S/C9H11NO3/c10-9(6-3-4-12-5-6)7-1-2-8(11)13-7/h3-5,7,9H,1-2,10H2/t7-,9+/m1/s1. The molecule has 0 unspecified atom stereocenters. The van der Waals surface area contributed by atoms with Crippen molar-refractivity contribution in [1.82, 2.24) is 0 Å². The highest BCUT2D eigenvalue weighted by Gasteiger charge is 2.30. The SMILES string of the molecule is N[C@@H](c1ccoc1)[C@H]1CCC(=O)O1. The Bertz CT molecular complexity index is 294. The van der Waals surface area contributed by atoms with Gasteiger partial charge in [-0.2, -0.15) is 0 Å². The molecule has 4 heteroatoms. The minimum Gasteiger partial charge on any atom is -0.472 e. The molecule has 13 heavy (non-hydrogen) atoms. The van der Waals surface area contributed by atoms with E-state index in [0.717, 1.165) is 5.56 Å². The van der Waals surface area contributed by atoms with E-state index in [1.807, 2.05) is 0 Å². The molecule has 2 heterocycles. The van der Waals surface area contributed by atoms with Gasteiger partial charge < -0.3 is 14.9 Å². The first-order chi connectivity index (χ1) is 6.27. The molecule has 0 aliphatic carbocycles. The van der Waals surface area contributed by atoms with Crippen LogP contribution in [-0.2, 0) is 9.53 Å². The predicted molar refractivity (Wildman–Crippen MR) is 44.8 cm³/mol. The average molecular weight is 181 g/mol. The van der Waals surface area contributed by atoms with Crippen LogP contribution in [0.1, 0.15) is 24.4 Å². The number of hydrogen-bond donors (Lipinski definition) is 1. The summed E-state index contributed by atoms with van der Waals surface area (Å²) in [5, 5.41) is 0. The molecule has 0 bridgehead atoms. The Kier molecular flexibility index (Phi) is 2.06. The van der Waals surface area contributed by atoms with Crippen molar-refractivity contribution in [1.29, 1.82) is 0 Å². The van der Waals surface area contributed by atoms with Crippen molar-refractivity contribution < 1.29 is 13.9 Å². The molecule has 0 aromatic carbocycles. The van der Waals surface area contributed by atoms with Gasteiger partial charge >= 0.3 is 5.97 Å². The summed E-state index contributed by atoms with van der Waals surface area (Å²) in [6.07, 6.45) is 4.12. The van der Waals surface area contributed by atoms with E-state index in [-0.39, 0.29) is 18.1 Å². The molecular weight excluding hydrogens is 170 g/mol. The first-order valence-corrected chi connectivity index (χ1v) is 4.24. The molecule has 0 amide bonds. The maximum atomic E-state index is 10.8. The molecule has 1 saturated heterocycles. The van der Waals surface area contributed by atoms with E-state index in [1.54, 1.807) is 18.6 Å². The molecule has 1 aliphatic heterocycles. The number of nitrogens with two attached hydrogens (primary N) is 1. The zero-order valence-electron chi connectivity index (χ0n) is 7.10. The molecule has 2 rings (SSSR count). The van der Waals surface area contributed by atoms with Crippen LogP contribution in [0.25, 0.3) is 0 Å². The summed E-state index contributed by atoms with van der Waals surface area (Å²) < 4.78 is 9.94. The molecule has 0 radical (unpaired) electrons. The van der Waals surface area contributed by atoms with Crippen molar-refractivity contribution in [2.75, 3.05) is 0 Å². The molecule has 2 N–H and O–H groups in total. The molecular formula is C9H11NO3. The van der Waals surface area contributed by atoms with Crippen molar-refractivity contribution in [3.05, 3.63) is 24.2 Å². The van der Waals surface area contributed by atoms with Crippen LogP contribution in [0.5, 0.6) is 0 Å². The lowest BCUT2D eigenvalue weighted by atomic mass is 10.0. The van der Waals surface area contributed by atoms with E-state index in [4.69, 9.17) is 14.9 Å². The molecule has 1 aromatic rings. The Hall–Kier alpha value is -1.29. The quantitative estimate of drug-likeness (QED) is 0.691. The van der Waals surface area contributed by atoms with E-state index in [1.165, 1.54) is 0 Å². The van der Waals surface area contributed by atoms with Gasteiger partial charge in [-0.15, -0.1) is 0 Å². The van der Waals surface area contributed by atoms with Crippen LogP contribution in [0.15, 0.2) is 23.0 Å². The number of rotatable bonds is 2. The molecule has 1 aromatic heterocycles. The summed E-state index contributed by atoms with van der Waals surface area (Å²) >= 11 is 0. The van der Waals surface area contributed by atoms with Gasteiger partial charge in [0, 0.05) is 12.0 Å². The summed E-state index contributed by atoms with van der Waals surface area (Å²) in [7, 11) is 0. The summed E-state index contributed by atoms with van der Waals surface area (Å²) in [6, 6.07) is 1.53. The van der Waals surface area contributed by atoms with Gasteiger partial charge in [0.15, 0.2) is 0 Å². The van der Waals surface area contributed by atoms with E-state index >= 15 is 0 Å². The van der Waals surface area contributed by atoms with Crippen LogP contribution < -0.4 is 5.73 Å². The van der Waals surface area contributed by atoms with Gasteiger partial charge in [-0.05, 0) is 12.5 Å². The smallest absolute Gasteiger partial charge is 0.306 e. The summed E-state index contributed by atoms with van der Waals surface area (Å²) in [6.45, 7) is 0. The Labute approximate surface area is 75.7 Å². The summed E-state index contributed by atoms with van der Waals surface area (Å²) in [5.74, 6) is -0.163. The summed E-state index contributed by atoms with van der Waals surface area (Å²) in [5.41, 5.74) is 6.74. The molecule has 1 fully saturated rings. The first-order valence-electron chi connectivity index (χ1n) is 4.24. The Morgan fingerprint density at radius 1 is 1.62 bits per heavy atom. The summed E-state index contributed by atoms with van der Waals surface area (Å²) in [4.78, 5) is 10.8. The van der Waals surface area contributed by atoms with Crippen LogP contribution >= 0.6 is 0 Å². The largest absolute Gasteiger partial charge is 0.472 e. The van der Waals surface area contributed by atoms with E-state index in [9.17, 15) is 4.79 Å². The van der Waals surface area contributed by atoms with Crippen LogP contribution in [0, 0.1) is 0 Å². The molecule has 0 spiro atoms. The highest BCUT2D eigenvalue weighted by Crippen LogP contribution is 2.25. The lowest BCUT2D eigenvalue weighted by molar-refractivity contribution is -0.142. The molecule has 2 atom stereocenters. The third-order valence-corrected chi connectivity index (χ3v) is 2.24. The molecule has 1 aliphatic rings.